The molecule has 3 aromatic carbocycles. The topological polar surface area (TPSA) is 96.0 Å². The molecular weight excluding hydrogens is 598 g/mol. The first-order valence-corrected chi connectivity index (χ1v) is 16.9. The number of rotatable bonds is 12. The number of hydrogen-bond acceptors (Lipinski definition) is 5. The van der Waals surface area contributed by atoms with Crippen LogP contribution in [-0.2, 0) is 26.2 Å². The third kappa shape index (κ3) is 8.12. The molecular formula is C34H42ClN3O5S. The lowest BCUT2D eigenvalue weighted by atomic mass is 9.95. The third-order valence-corrected chi connectivity index (χ3v) is 10.4. The summed E-state index contributed by atoms with van der Waals surface area (Å²) in [6.45, 7) is 5.16. The molecule has 0 saturated heterocycles. The Labute approximate surface area is 266 Å². The van der Waals surface area contributed by atoms with Crippen molar-refractivity contribution in [2.24, 2.45) is 0 Å². The molecule has 0 heterocycles. The molecule has 0 unspecified atom stereocenters. The maximum absolute atomic E-state index is 14.3. The fourth-order valence-electron chi connectivity index (χ4n) is 5.49. The van der Waals surface area contributed by atoms with Crippen molar-refractivity contribution >= 4 is 39.1 Å². The van der Waals surface area contributed by atoms with Crippen molar-refractivity contribution in [3.05, 3.63) is 88.4 Å². The predicted molar refractivity (Wildman–Crippen MR) is 175 cm³/mol. The summed E-state index contributed by atoms with van der Waals surface area (Å²) in [6.07, 6.45) is 5.44. The minimum Gasteiger partial charge on any atom is -0.497 e. The Morgan fingerprint density at radius 3 is 2.23 bits per heavy atom. The second kappa shape index (κ2) is 14.9. The Bertz CT molecular complexity index is 1540. The molecule has 1 aliphatic rings. The van der Waals surface area contributed by atoms with Crippen LogP contribution in [0.1, 0.15) is 62.1 Å². The minimum atomic E-state index is -4.18. The first-order valence-electron chi connectivity index (χ1n) is 15.1. The number of hydrogen-bond donors (Lipinski definition) is 1. The first kappa shape index (κ1) is 33.3. The van der Waals surface area contributed by atoms with Crippen molar-refractivity contribution in [1.82, 2.24) is 10.2 Å². The van der Waals surface area contributed by atoms with Crippen LogP contribution in [0.25, 0.3) is 0 Å². The number of carbonyl (C=O) groups is 2. The van der Waals surface area contributed by atoms with Gasteiger partial charge in [0.05, 0.1) is 17.7 Å². The van der Waals surface area contributed by atoms with Crippen LogP contribution in [0.5, 0.6) is 5.75 Å². The van der Waals surface area contributed by atoms with Gasteiger partial charge in [-0.05, 0) is 80.6 Å². The van der Waals surface area contributed by atoms with Gasteiger partial charge in [-0.2, -0.15) is 0 Å². The molecule has 0 radical (unpaired) electrons. The average molecular weight is 640 g/mol. The molecule has 0 bridgehead atoms. The van der Waals surface area contributed by atoms with Crippen molar-refractivity contribution < 1.29 is 22.7 Å². The summed E-state index contributed by atoms with van der Waals surface area (Å²) in [6, 6.07) is 17.9. The third-order valence-electron chi connectivity index (χ3n) is 8.18. The summed E-state index contributed by atoms with van der Waals surface area (Å²) in [5.41, 5.74) is 2.74. The van der Waals surface area contributed by atoms with Crippen molar-refractivity contribution in [3.63, 3.8) is 0 Å². The summed E-state index contributed by atoms with van der Waals surface area (Å²) in [4.78, 5) is 29.6. The molecule has 8 nitrogen and oxygen atoms in total. The van der Waals surface area contributed by atoms with Crippen LogP contribution in [0, 0.1) is 13.8 Å². The highest BCUT2D eigenvalue weighted by molar-refractivity contribution is 7.92. The fraction of sp³-hybridized carbons (Fsp3) is 0.412. The van der Waals surface area contributed by atoms with E-state index >= 15 is 0 Å². The Balaban J connectivity index is 1.72. The molecule has 1 aliphatic carbocycles. The number of nitrogens with zero attached hydrogens (tertiary/aromatic N) is 2. The molecule has 0 aromatic heterocycles. The van der Waals surface area contributed by atoms with Gasteiger partial charge >= 0.3 is 0 Å². The van der Waals surface area contributed by atoms with E-state index in [-0.39, 0.29) is 29.1 Å². The summed E-state index contributed by atoms with van der Waals surface area (Å²) in [5, 5.41) is 3.55. The molecule has 10 heteroatoms. The van der Waals surface area contributed by atoms with Gasteiger partial charge in [0, 0.05) is 17.6 Å². The number of benzene rings is 3. The van der Waals surface area contributed by atoms with E-state index in [9.17, 15) is 18.0 Å². The van der Waals surface area contributed by atoms with Crippen LogP contribution in [0.4, 0.5) is 5.69 Å². The highest BCUT2D eigenvalue weighted by Gasteiger charge is 2.34. The maximum atomic E-state index is 14.3. The molecule has 236 valence electrons. The SMILES string of the molecule is CC[C@@H](C(=O)NC1CCCCC1)N(Cc1ccc(OC)cc1)C(=O)CN(c1ccc(C)c(Cl)c1)S(=O)(=O)c1ccc(C)cc1. The quantitative estimate of drug-likeness (QED) is 0.247. The molecule has 1 N–H and O–H groups in total. The predicted octanol–water partition coefficient (Wildman–Crippen LogP) is 6.42. The Kier molecular flexibility index (Phi) is 11.3. The number of anilines is 1. The van der Waals surface area contributed by atoms with Gasteiger partial charge in [-0.1, -0.05) is 73.7 Å². The van der Waals surface area contributed by atoms with E-state index in [2.05, 4.69) is 5.32 Å². The molecule has 44 heavy (non-hydrogen) atoms. The fourth-order valence-corrected chi connectivity index (χ4v) is 7.08. The Morgan fingerprint density at radius 1 is 0.977 bits per heavy atom. The normalized spacial score (nSPS) is 14.5. The number of ether oxygens (including phenoxy) is 1. The highest BCUT2D eigenvalue weighted by atomic mass is 35.5. The Morgan fingerprint density at radius 2 is 1.64 bits per heavy atom. The summed E-state index contributed by atoms with van der Waals surface area (Å²) < 4.78 is 34.5. The molecule has 1 atom stereocenters. The first-order chi connectivity index (χ1) is 21.0. The van der Waals surface area contributed by atoms with Gasteiger partial charge in [0.15, 0.2) is 0 Å². The van der Waals surface area contributed by atoms with Crippen molar-refractivity contribution in [2.45, 2.75) is 82.8 Å². The van der Waals surface area contributed by atoms with Gasteiger partial charge in [0.25, 0.3) is 10.0 Å². The van der Waals surface area contributed by atoms with E-state index < -0.39 is 28.5 Å². The van der Waals surface area contributed by atoms with Crippen LogP contribution in [0.2, 0.25) is 5.02 Å². The molecule has 0 spiro atoms. The summed E-state index contributed by atoms with van der Waals surface area (Å²) >= 11 is 6.43. The number of amides is 2. The summed E-state index contributed by atoms with van der Waals surface area (Å²) in [5.74, 6) is -0.0632. The van der Waals surface area contributed by atoms with Crippen LogP contribution < -0.4 is 14.4 Å². The molecule has 2 amide bonds. The highest BCUT2D eigenvalue weighted by Crippen LogP contribution is 2.29. The maximum Gasteiger partial charge on any atom is 0.264 e. The van der Waals surface area contributed by atoms with E-state index in [1.807, 2.05) is 32.9 Å². The molecule has 3 aromatic rings. The molecule has 1 saturated carbocycles. The van der Waals surface area contributed by atoms with Gasteiger partial charge in [-0.25, -0.2) is 8.42 Å². The molecule has 4 rings (SSSR count). The van der Waals surface area contributed by atoms with E-state index in [0.717, 1.165) is 53.1 Å². The zero-order valence-corrected chi connectivity index (χ0v) is 27.5. The average Bonchev–Trinajstić information content (AvgIpc) is 3.02. The lowest BCUT2D eigenvalue weighted by Crippen LogP contribution is -2.54. The van der Waals surface area contributed by atoms with Gasteiger partial charge in [0.1, 0.15) is 18.3 Å². The van der Waals surface area contributed by atoms with Gasteiger partial charge in [-0.15, -0.1) is 0 Å². The lowest BCUT2D eigenvalue weighted by Gasteiger charge is -2.34. The van der Waals surface area contributed by atoms with E-state index in [1.165, 1.54) is 17.0 Å². The van der Waals surface area contributed by atoms with Crippen molar-refractivity contribution in [2.75, 3.05) is 18.0 Å². The zero-order chi connectivity index (χ0) is 31.9. The number of aryl methyl sites for hydroxylation is 2. The Hall–Kier alpha value is -3.56. The second-order valence-electron chi connectivity index (χ2n) is 11.4. The standard InChI is InChI=1S/C34H42ClN3O5S/c1-5-32(34(40)36-27-9-7-6-8-10-27)37(22-26-14-17-29(43-4)18-15-26)33(39)23-38(28-16-13-25(3)31(35)21-28)44(41,42)30-19-11-24(2)12-20-30/h11-21,27,32H,5-10,22-23H2,1-4H3,(H,36,40)/t32-/m0/s1. The minimum absolute atomic E-state index is 0.0522. The number of nitrogens with one attached hydrogen (secondary N) is 1. The van der Waals surface area contributed by atoms with Crippen LogP contribution in [-0.4, -0.2) is 50.9 Å². The van der Waals surface area contributed by atoms with Crippen LogP contribution in [0.3, 0.4) is 0 Å². The van der Waals surface area contributed by atoms with E-state index in [4.69, 9.17) is 16.3 Å². The number of methoxy groups -OCH3 is 1. The number of carbonyl (C=O) groups excluding carboxylic acids is 2. The monoisotopic (exact) mass is 639 g/mol. The van der Waals surface area contributed by atoms with Crippen molar-refractivity contribution in [1.29, 1.82) is 0 Å². The number of sulfonamides is 1. The van der Waals surface area contributed by atoms with Gasteiger partial charge in [0.2, 0.25) is 11.8 Å². The van der Waals surface area contributed by atoms with E-state index in [0.29, 0.717) is 17.2 Å². The van der Waals surface area contributed by atoms with Gasteiger partial charge in [-0.3, -0.25) is 13.9 Å². The zero-order valence-electron chi connectivity index (χ0n) is 25.9. The largest absolute Gasteiger partial charge is 0.497 e. The van der Waals surface area contributed by atoms with Crippen LogP contribution in [0.15, 0.2) is 71.6 Å². The second-order valence-corrected chi connectivity index (χ2v) is 13.7. The molecule has 1 fully saturated rings. The lowest BCUT2D eigenvalue weighted by molar-refractivity contribution is -0.140. The van der Waals surface area contributed by atoms with Gasteiger partial charge < -0.3 is 15.0 Å². The van der Waals surface area contributed by atoms with Crippen LogP contribution >= 0.6 is 11.6 Å². The van der Waals surface area contributed by atoms with Crippen molar-refractivity contribution in [3.8, 4) is 5.75 Å². The smallest absolute Gasteiger partial charge is 0.264 e. The van der Waals surface area contributed by atoms with E-state index in [1.54, 1.807) is 49.6 Å². The molecule has 0 aliphatic heterocycles. The summed E-state index contributed by atoms with van der Waals surface area (Å²) in [7, 11) is -2.60. The number of halogens is 1.